The van der Waals surface area contributed by atoms with Crippen LogP contribution < -0.4 is 0 Å². The highest BCUT2D eigenvalue weighted by molar-refractivity contribution is 7.99. The van der Waals surface area contributed by atoms with Crippen molar-refractivity contribution in [3.05, 3.63) is 23.9 Å². The first kappa shape index (κ1) is 14.9. The van der Waals surface area contributed by atoms with Crippen LogP contribution in [0.25, 0.3) is 0 Å². The maximum Gasteiger partial charge on any atom is 0.325 e. The molecule has 0 bridgehead atoms. The molecular formula is C11H12N6O3S. The smallest absolute Gasteiger partial charge is 0.325 e. The zero-order valence-corrected chi connectivity index (χ0v) is 12.1. The molecule has 2 aromatic heterocycles. The van der Waals surface area contributed by atoms with Gasteiger partial charge in [-0.25, -0.2) is 9.67 Å². The van der Waals surface area contributed by atoms with E-state index in [4.69, 9.17) is 5.11 Å². The fourth-order valence-corrected chi connectivity index (χ4v) is 2.13. The number of carboxylic acid groups (broad SMARTS) is 1. The van der Waals surface area contributed by atoms with E-state index >= 15 is 0 Å². The lowest BCUT2D eigenvalue weighted by Gasteiger charge is -2.09. The topological polar surface area (TPSA) is 114 Å². The lowest BCUT2D eigenvalue weighted by Crippen LogP contribution is -2.21. The molecule has 0 aliphatic heterocycles. The van der Waals surface area contributed by atoms with Crippen LogP contribution >= 0.6 is 11.8 Å². The van der Waals surface area contributed by atoms with Gasteiger partial charge in [0.15, 0.2) is 0 Å². The Labute approximate surface area is 124 Å². The lowest BCUT2D eigenvalue weighted by atomic mass is 10.2. The van der Waals surface area contributed by atoms with Gasteiger partial charge >= 0.3 is 5.97 Å². The zero-order valence-electron chi connectivity index (χ0n) is 11.3. The van der Waals surface area contributed by atoms with E-state index in [1.807, 2.05) is 0 Å². The quantitative estimate of drug-likeness (QED) is 0.821. The summed E-state index contributed by atoms with van der Waals surface area (Å²) in [4.78, 5) is 28.0. The molecule has 10 heteroatoms. The second-order valence-corrected chi connectivity index (χ2v) is 5.19. The highest BCUT2D eigenvalue weighted by Crippen LogP contribution is 2.23. The van der Waals surface area contributed by atoms with Crippen LogP contribution in [0.2, 0.25) is 0 Å². The summed E-state index contributed by atoms with van der Waals surface area (Å²) in [6.45, 7) is -0.327. The molecule has 0 aromatic carbocycles. The van der Waals surface area contributed by atoms with Gasteiger partial charge in [0.2, 0.25) is 5.16 Å². The van der Waals surface area contributed by atoms with Crippen molar-refractivity contribution in [3.63, 3.8) is 0 Å². The SMILES string of the molecule is CN(C)C(=O)c1ccc(Sc2nnnn2CC(=O)O)nc1. The zero-order chi connectivity index (χ0) is 15.4. The van der Waals surface area contributed by atoms with Gasteiger partial charge in [-0.2, -0.15) is 0 Å². The number of amides is 1. The van der Waals surface area contributed by atoms with Crippen molar-refractivity contribution in [3.8, 4) is 0 Å². The van der Waals surface area contributed by atoms with Crippen LogP contribution in [0.3, 0.4) is 0 Å². The summed E-state index contributed by atoms with van der Waals surface area (Å²) in [5.41, 5.74) is 0.467. The molecule has 0 saturated carbocycles. The summed E-state index contributed by atoms with van der Waals surface area (Å²) in [5, 5.41) is 20.4. The van der Waals surface area contributed by atoms with E-state index < -0.39 is 5.97 Å². The van der Waals surface area contributed by atoms with E-state index in [1.54, 1.807) is 26.2 Å². The number of carbonyl (C=O) groups excluding carboxylic acids is 1. The third-order valence-electron chi connectivity index (χ3n) is 2.37. The molecule has 2 rings (SSSR count). The largest absolute Gasteiger partial charge is 0.480 e. The maximum absolute atomic E-state index is 11.7. The number of hydrogen-bond donors (Lipinski definition) is 1. The number of aromatic nitrogens is 5. The molecule has 21 heavy (non-hydrogen) atoms. The molecule has 0 unspecified atom stereocenters. The number of hydrogen-bond acceptors (Lipinski definition) is 7. The predicted octanol–water partition coefficient (Wildman–Crippen LogP) is 0.00570. The van der Waals surface area contributed by atoms with Crippen LogP contribution in [-0.4, -0.2) is 61.2 Å². The molecule has 1 N–H and O–H groups in total. The normalized spacial score (nSPS) is 10.4. The van der Waals surface area contributed by atoms with Crippen LogP contribution in [0, 0.1) is 0 Å². The van der Waals surface area contributed by atoms with Gasteiger partial charge in [-0.05, 0) is 34.3 Å². The molecule has 0 atom stereocenters. The van der Waals surface area contributed by atoms with Crippen molar-refractivity contribution in [2.75, 3.05) is 14.1 Å². The van der Waals surface area contributed by atoms with Crippen molar-refractivity contribution >= 4 is 23.6 Å². The molecule has 1 amide bonds. The molecule has 9 nitrogen and oxygen atoms in total. The van der Waals surface area contributed by atoms with E-state index in [2.05, 4.69) is 20.5 Å². The third kappa shape index (κ3) is 3.75. The predicted molar refractivity (Wildman–Crippen MR) is 71.8 cm³/mol. The van der Waals surface area contributed by atoms with Gasteiger partial charge in [-0.15, -0.1) is 5.10 Å². The van der Waals surface area contributed by atoms with Crippen molar-refractivity contribution in [2.45, 2.75) is 16.7 Å². The van der Waals surface area contributed by atoms with E-state index in [9.17, 15) is 9.59 Å². The lowest BCUT2D eigenvalue weighted by molar-refractivity contribution is -0.138. The van der Waals surface area contributed by atoms with Crippen molar-refractivity contribution in [1.82, 2.24) is 30.1 Å². The molecule has 0 fully saturated rings. The fraction of sp³-hybridized carbons (Fsp3) is 0.273. The van der Waals surface area contributed by atoms with Gasteiger partial charge in [0.1, 0.15) is 11.6 Å². The monoisotopic (exact) mass is 308 g/mol. The standard InChI is InChI=1S/C11H12N6O3S/c1-16(2)10(20)7-3-4-8(12-5-7)21-11-13-14-15-17(11)6-9(18)19/h3-5H,6H2,1-2H3,(H,18,19). The van der Waals surface area contributed by atoms with Gasteiger partial charge in [-0.3, -0.25) is 9.59 Å². The first-order valence-corrected chi connectivity index (χ1v) is 6.62. The molecule has 0 saturated heterocycles. The number of nitrogens with zero attached hydrogens (tertiary/aromatic N) is 6. The molecule has 110 valence electrons. The molecule has 0 aliphatic rings. The minimum atomic E-state index is -1.04. The van der Waals surface area contributed by atoms with Gasteiger partial charge < -0.3 is 10.0 Å². The van der Waals surface area contributed by atoms with Crippen molar-refractivity contribution in [2.24, 2.45) is 0 Å². The third-order valence-corrected chi connectivity index (χ3v) is 3.30. The number of carbonyl (C=O) groups is 2. The average Bonchev–Trinajstić information content (AvgIpc) is 2.85. The molecule has 2 heterocycles. The Bertz CT molecular complexity index is 654. The van der Waals surface area contributed by atoms with E-state index in [-0.39, 0.29) is 12.5 Å². The number of carboxylic acids is 1. The molecular weight excluding hydrogens is 296 g/mol. The summed E-state index contributed by atoms with van der Waals surface area (Å²) in [6.07, 6.45) is 1.45. The van der Waals surface area contributed by atoms with E-state index in [1.165, 1.54) is 11.1 Å². The number of tetrazole rings is 1. The Hall–Kier alpha value is -2.49. The summed E-state index contributed by atoms with van der Waals surface area (Å²) in [7, 11) is 3.32. The summed E-state index contributed by atoms with van der Waals surface area (Å²) < 4.78 is 1.16. The molecule has 0 spiro atoms. The van der Waals surface area contributed by atoms with Gasteiger partial charge in [0.05, 0.1) is 5.56 Å². The van der Waals surface area contributed by atoms with Crippen LogP contribution in [0.1, 0.15) is 10.4 Å². The van der Waals surface area contributed by atoms with Gasteiger partial charge in [0, 0.05) is 20.3 Å². The highest BCUT2D eigenvalue weighted by atomic mass is 32.2. The second-order valence-electron chi connectivity index (χ2n) is 4.20. The summed E-state index contributed by atoms with van der Waals surface area (Å²) >= 11 is 1.12. The first-order chi connectivity index (χ1) is 9.97. The molecule has 0 radical (unpaired) electrons. The van der Waals surface area contributed by atoms with Crippen LogP contribution in [0.15, 0.2) is 28.5 Å². The second kappa shape index (κ2) is 6.31. The Morgan fingerprint density at radius 1 is 1.38 bits per heavy atom. The Kier molecular flexibility index (Phi) is 4.48. The highest BCUT2D eigenvalue weighted by Gasteiger charge is 2.13. The Morgan fingerprint density at radius 3 is 2.71 bits per heavy atom. The van der Waals surface area contributed by atoms with Crippen molar-refractivity contribution < 1.29 is 14.7 Å². The minimum Gasteiger partial charge on any atom is -0.480 e. The van der Waals surface area contributed by atoms with Crippen LogP contribution in [0.5, 0.6) is 0 Å². The molecule has 2 aromatic rings. The number of pyridine rings is 1. The summed E-state index contributed by atoms with van der Waals surface area (Å²) in [6, 6.07) is 3.30. The Balaban J connectivity index is 2.12. The Morgan fingerprint density at radius 2 is 2.14 bits per heavy atom. The van der Waals surface area contributed by atoms with Crippen LogP contribution in [-0.2, 0) is 11.3 Å². The molecule has 0 aliphatic carbocycles. The number of aliphatic carboxylic acids is 1. The summed E-state index contributed by atoms with van der Waals surface area (Å²) in [5.74, 6) is -1.18. The maximum atomic E-state index is 11.7. The van der Waals surface area contributed by atoms with Crippen molar-refractivity contribution in [1.29, 1.82) is 0 Å². The fourth-order valence-electron chi connectivity index (χ4n) is 1.42. The van der Waals surface area contributed by atoms with E-state index in [0.717, 1.165) is 16.4 Å². The average molecular weight is 308 g/mol. The number of rotatable bonds is 5. The van der Waals surface area contributed by atoms with Gasteiger partial charge in [-0.1, -0.05) is 0 Å². The van der Waals surface area contributed by atoms with E-state index in [0.29, 0.717) is 15.7 Å². The minimum absolute atomic E-state index is 0.144. The van der Waals surface area contributed by atoms with Gasteiger partial charge in [0.25, 0.3) is 5.91 Å². The van der Waals surface area contributed by atoms with Crippen LogP contribution in [0.4, 0.5) is 0 Å². The first-order valence-electron chi connectivity index (χ1n) is 5.81.